The van der Waals surface area contributed by atoms with Crippen LogP contribution in [0.4, 0.5) is 0 Å². The Bertz CT molecular complexity index is 701. The second-order valence-electron chi connectivity index (χ2n) is 4.14. The number of aromatic nitrogens is 7. The van der Waals surface area contributed by atoms with E-state index in [9.17, 15) is 0 Å². The summed E-state index contributed by atoms with van der Waals surface area (Å²) in [7, 11) is 1.89. The van der Waals surface area contributed by atoms with Crippen molar-refractivity contribution >= 4 is 11.8 Å². The van der Waals surface area contributed by atoms with Gasteiger partial charge in [0.2, 0.25) is 16.9 Å². The van der Waals surface area contributed by atoms with Gasteiger partial charge in [-0.15, -0.1) is 5.10 Å². The highest BCUT2D eigenvalue weighted by atomic mass is 32.2. The normalized spacial score (nSPS) is 11.1. The van der Waals surface area contributed by atoms with Gasteiger partial charge >= 0.3 is 0 Å². The molecule has 0 aliphatic rings. The third kappa shape index (κ3) is 2.72. The Morgan fingerprint density at radius 1 is 1.40 bits per heavy atom. The lowest BCUT2D eigenvalue weighted by Gasteiger charge is -1.89. The first-order valence-electron chi connectivity index (χ1n) is 6.09. The van der Waals surface area contributed by atoms with Crippen LogP contribution in [0.25, 0.3) is 11.5 Å². The molecule has 1 N–H and O–H groups in total. The highest BCUT2D eigenvalue weighted by Crippen LogP contribution is 2.20. The van der Waals surface area contributed by atoms with Crippen LogP contribution in [-0.4, -0.2) is 34.9 Å². The van der Waals surface area contributed by atoms with Crippen molar-refractivity contribution in [2.75, 3.05) is 0 Å². The van der Waals surface area contributed by atoms with Crippen molar-refractivity contribution in [2.24, 2.45) is 7.05 Å². The highest BCUT2D eigenvalue weighted by Gasteiger charge is 2.12. The fourth-order valence-electron chi connectivity index (χ4n) is 1.57. The minimum absolute atomic E-state index is 0.491. The third-order valence-corrected chi connectivity index (χ3v) is 3.40. The zero-order valence-electron chi connectivity index (χ0n) is 11.1. The second kappa shape index (κ2) is 5.45. The summed E-state index contributed by atoms with van der Waals surface area (Å²) in [5.41, 5.74) is 0.693. The van der Waals surface area contributed by atoms with Crippen LogP contribution in [0, 0.1) is 0 Å². The molecular formula is C11H13N7OS. The van der Waals surface area contributed by atoms with Crippen molar-refractivity contribution < 1.29 is 4.52 Å². The average molecular weight is 291 g/mol. The zero-order chi connectivity index (χ0) is 13.9. The summed E-state index contributed by atoms with van der Waals surface area (Å²) in [6.07, 6.45) is 4.36. The summed E-state index contributed by atoms with van der Waals surface area (Å²) >= 11 is 1.45. The van der Waals surface area contributed by atoms with Gasteiger partial charge in [-0.1, -0.05) is 23.8 Å². The SMILES string of the molecule is CCc1nc(SCc2nc(-c3cn(C)cn3)no2)n[nH]1. The Morgan fingerprint density at radius 3 is 3.00 bits per heavy atom. The highest BCUT2D eigenvalue weighted by molar-refractivity contribution is 7.98. The molecule has 0 saturated carbocycles. The number of hydrogen-bond donors (Lipinski definition) is 1. The summed E-state index contributed by atoms with van der Waals surface area (Å²) in [4.78, 5) is 12.8. The molecule has 0 bridgehead atoms. The number of aryl methyl sites for hydroxylation is 2. The minimum Gasteiger partial charge on any atom is -0.340 e. The monoisotopic (exact) mass is 291 g/mol. The van der Waals surface area contributed by atoms with Crippen molar-refractivity contribution in [3.8, 4) is 11.5 Å². The number of nitrogens with one attached hydrogen (secondary N) is 1. The fourth-order valence-corrected chi connectivity index (χ4v) is 2.23. The Balaban J connectivity index is 1.65. The number of rotatable bonds is 5. The van der Waals surface area contributed by atoms with E-state index in [2.05, 4.69) is 30.3 Å². The van der Waals surface area contributed by atoms with Crippen molar-refractivity contribution in [2.45, 2.75) is 24.3 Å². The smallest absolute Gasteiger partial charge is 0.237 e. The number of thioether (sulfide) groups is 1. The van der Waals surface area contributed by atoms with Gasteiger partial charge in [-0.2, -0.15) is 4.98 Å². The standard InChI is InChI=1S/C11H13N7OS/c1-3-8-13-11(16-15-8)20-5-9-14-10(17-19-9)7-4-18(2)6-12-7/h4,6H,3,5H2,1-2H3,(H,13,15,16). The molecule has 9 heteroatoms. The van der Waals surface area contributed by atoms with Crippen LogP contribution in [0.3, 0.4) is 0 Å². The Hall–Kier alpha value is -2.16. The van der Waals surface area contributed by atoms with Crippen LogP contribution in [0.5, 0.6) is 0 Å². The third-order valence-electron chi connectivity index (χ3n) is 2.57. The fraction of sp³-hybridized carbons (Fsp3) is 0.364. The van der Waals surface area contributed by atoms with Gasteiger partial charge in [-0.25, -0.2) is 9.97 Å². The van der Waals surface area contributed by atoms with Gasteiger partial charge in [0.1, 0.15) is 11.5 Å². The maximum Gasteiger partial charge on any atom is 0.237 e. The molecule has 0 unspecified atom stereocenters. The zero-order valence-corrected chi connectivity index (χ0v) is 11.9. The molecule has 3 aromatic heterocycles. The van der Waals surface area contributed by atoms with E-state index in [1.54, 1.807) is 6.33 Å². The summed E-state index contributed by atoms with van der Waals surface area (Å²) in [6.45, 7) is 2.02. The summed E-state index contributed by atoms with van der Waals surface area (Å²) in [5, 5.41) is 11.5. The molecule has 3 rings (SSSR count). The molecule has 0 aliphatic carbocycles. The summed E-state index contributed by atoms with van der Waals surface area (Å²) in [5.74, 6) is 2.41. The predicted octanol–water partition coefficient (Wildman–Crippen LogP) is 1.44. The van der Waals surface area contributed by atoms with E-state index in [-0.39, 0.29) is 0 Å². The van der Waals surface area contributed by atoms with Crippen LogP contribution in [-0.2, 0) is 19.2 Å². The molecule has 0 amide bonds. The van der Waals surface area contributed by atoms with E-state index in [1.807, 2.05) is 24.7 Å². The number of aromatic amines is 1. The second-order valence-corrected chi connectivity index (χ2v) is 5.09. The van der Waals surface area contributed by atoms with Gasteiger partial charge < -0.3 is 9.09 Å². The minimum atomic E-state index is 0.491. The molecule has 104 valence electrons. The molecule has 0 aliphatic heterocycles. The average Bonchev–Trinajstić information content (AvgIpc) is 3.16. The Labute approximate surface area is 119 Å². The number of imidazole rings is 1. The van der Waals surface area contributed by atoms with Gasteiger partial charge in [0.25, 0.3) is 0 Å². The van der Waals surface area contributed by atoms with E-state index in [0.29, 0.717) is 28.3 Å². The van der Waals surface area contributed by atoms with Crippen molar-refractivity contribution in [3.05, 3.63) is 24.2 Å². The van der Waals surface area contributed by atoms with Crippen LogP contribution in [0.2, 0.25) is 0 Å². The quantitative estimate of drug-likeness (QED) is 0.710. The van der Waals surface area contributed by atoms with Gasteiger partial charge in [0.05, 0.1) is 12.1 Å². The first-order chi connectivity index (χ1) is 9.74. The van der Waals surface area contributed by atoms with Crippen molar-refractivity contribution in [1.82, 2.24) is 34.9 Å². The van der Waals surface area contributed by atoms with Crippen LogP contribution < -0.4 is 0 Å². The molecule has 3 aromatic rings. The molecule has 0 radical (unpaired) electrons. The molecule has 8 nitrogen and oxygen atoms in total. The first-order valence-corrected chi connectivity index (χ1v) is 7.08. The molecule has 0 spiro atoms. The molecule has 20 heavy (non-hydrogen) atoms. The lowest BCUT2D eigenvalue weighted by Crippen LogP contribution is -1.84. The molecule has 0 atom stereocenters. The van der Waals surface area contributed by atoms with E-state index >= 15 is 0 Å². The summed E-state index contributed by atoms with van der Waals surface area (Å²) < 4.78 is 7.02. The van der Waals surface area contributed by atoms with Crippen molar-refractivity contribution in [3.63, 3.8) is 0 Å². The maximum absolute atomic E-state index is 5.19. The van der Waals surface area contributed by atoms with Crippen LogP contribution in [0.1, 0.15) is 18.6 Å². The van der Waals surface area contributed by atoms with E-state index < -0.39 is 0 Å². The van der Waals surface area contributed by atoms with E-state index in [4.69, 9.17) is 4.52 Å². The van der Waals surface area contributed by atoms with E-state index in [1.165, 1.54) is 11.8 Å². The molecule has 3 heterocycles. The largest absolute Gasteiger partial charge is 0.340 e. The summed E-state index contributed by atoms with van der Waals surface area (Å²) in [6, 6.07) is 0. The molecule has 0 saturated heterocycles. The van der Waals surface area contributed by atoms with Crippen LogP contribution in [0.15, 0.2) is 22.2 Å². The topological polar surface area (TPSA) is 98.3 Å². The number of H-pyrrole nitrogens is 1. The molecule has 0 aromatic carbocycles. The number of nitrogens with zero attached hydrogens (tertiary/aromatic N) is 6. The Kier molecular flexibility index (Phi) is 3.50. The first kappa shape index (κ1) is 12.9. The van der Waals surface area contributed by atoms with Gasteiger partial charge in [-0.3, -0.25) is 5.10 Å². The lowest BCUT2D eigenvalue weighted by molar-refractivity contribution is 0.391. The van der Waals surface area contributed by atoms with E-state index in [0.717, 1.165) is 12.2 Å². The predicted molar refractivity (Wildman–Crippen MR) is 71.8 cm³/mol. The van der Waals surface area contributed by atoms with Crippen molar-refractivity contribution in [1.29, 1.82) is 0 Å². The number of hydrogen-bond acceptors (Lipinski definition) is 7. The van der Waals surface area contributed by atoms with Gasteiger partial charge in [0.15, 0.2) is 0 Å². The maximum atomic E-state index is 5.19. The lowest BCUT2D eigenvalue weighted by atomic mass is 10.4. The molecular weight excluding hydrogens is 278 g/mol. The van der Waals surface area contributed by atoms with Gasteiger partial charge in [-0.05, 0) is 0 Å². The Morgan fingerprint density at radius 2 is 2.30 bits per heavy atom. The van der Waals surface area contributed by atoms with Crippen LogP contribution >= 0.6 is 11.8 Å². The van der Waals surface area contributed by atoms with Gasteiger partial charge in [0, 0.05) is 19.7 Å². The molecule has 0 fully saturated rings.